The first-order valence-corrected chi connectivity index (χ1v) is 13.8. The van der Waals surface area contributed by atoms with Crippen LogP contribution < -0.4 is 4.74 Å². The second kappa shape index (κ2) is 17.8. The molecule has 0 aliphatic carbocycles. The Morgan fingerprint density at radius 2 is 1.34 bits per heavy atom. The van der Waals surface area contributed by atoms with Crippen molar-refractivity contribution in [3.8, 4) is 16.9 Å². The normalized spacial score (nSPS) is 11.3. The van der Waals surface area contributed by atoms with Crippen molar-refractivity contribution in [3.05, 3.63) is 65.7 Å². The molecular weight excluding hydrogens is 432 g/mol. The first-order chi connectivity index (χ1) is 17.1. The number of aryl methyl sites for hydroxylation is 1. The molecule has 0 aliphatic rings. The van der Waals surface area contributed by atoms with Crippen molar-refractivity contribution in [2.75, 3.05) is 6.61 Å². The van der Waals surface area contributed by atoms with Crippen molar-refractivity contribution in [1.82, 2.24) is 0 Å². The van der Waals surface area contributed by atoms with Crippen LogP contribution in [0.15, 0.2) is 54.6 Å². The molecule has 35 heavy (non-hydrogen) atoms. The zero-order valence-electron chi connectivity index (χ0n) is 22.1. The van der Waals surface area contributed by atoms with E-state index in [0.717, 1.165) is 35.5 Å². The second-order valence-electron chi connectivity index (χ2n) is 9.65. The first-order valence-electron chi connectivity index (χ1n) is 13.8. The van der Waals surface area contributed by atoms with Crippen LogP contribution >= 0.6 is 0 Å². The number of ether oxygens (including phenoxy) is 1. The van der Waals surface area contributed by atoms with Gasteiger partial charge in [-0.25, -0.2) is 4.79 Å². The highest BCUT2D eigenvalue weighted by molar-refractivity contribution is 5.88. The van der Waals surface area contributed by atoms with E-state index in [0.29, 0.717) is 5.56 Å². The van der Waals surface area contributed by atoms with Crippen molar-refractivity contribution < 1.29 is 14.6 Å². The molecule has 2 aromatic rings. The highest BCUT2D eigenvalue weighted by atomic mass is 16.5. The van der Waals surface area contributed by atoms with Crippen molar-refractivity contribution >= 4 is 5.97 Å². The van der Waals surface area contributed by atoms with Gasteiger partial charge >= 0.3 is 5.97 Å². The molecular formula is C32H46O3. The fourth-order valence-electron chi connectivity index (χ4n) is 4.38. The lowest BCUT2D eigenvalue weighted by Gasteiger charge is -2.11. The third kappa shape index (κ3) is 12.1. The van der Waals surface area contributed by atoms with Gasteiger partial charge in [-0.15, -0.1) is 0 Å². The number of allylic oxidation sites excluding steroid dienone is 2. The maximum absolute atomic E-state index is 11.0. The Bertz CT molecular complexity index is 867. The average Bonchev–Trinajstić information content (AvgIpc) is 2.86. The van der Waals surface area contributed by atoms with Crippen molar-refractivity contribution in [3.63, 3.8) is 0 Å². The lowest BCUT2D eigenvalue weighted by molar-refractivity contribution is 0.0697. The van der Waals surface area contributed by atoms with Crippen LogP contribution in [0.1, 0.15) is 113 Å². The Labute approximate surface area is 213 Å². The molecule has 0 amide bonds. The predicted octanol–water partition coefficient (Wildman–Crippen LogP) is 9.78. The zero-order chi connectivity index (χ0) is 25.1. The van der Waals surface area contributed by atoms with Crippen LogP contribution in [0.4, 0.5) is 0 Å². The molecule has 2 aromatic carbocycles. The Hall–Kier alpha value is -2.55. The van der Waals surface area contributed by atoms with E-state index in [1.165, 1.54) is 83.5 Å². The van der Waals surface area contributed by atoms with Gasteiger partial charge < -0.3 is 9.84 Å². The van der Waals surface area contributed by atoms with Gasteiger partial charge in [0.1, 0.15) is 5.75 Å². The molecule has 0 spiro atoms. The Morgan fingerprint density at radius 3 is 1.91 bits per heavy atom. The van der Waals surface area contributed by atoms with Gasteiger partial charge in [0.15, 0.2) is 0 Å². The fourth-order valence-corrected chi connectivity index (χ4v) is 4.38. The van der Waals surface area contributed by atoms with Gasteiger partial charge in [-0.2, -0.15) is 0 Å². The second-order valence-corrected chi connectivity index (χ2v) is 9.65. The molecule has 0 aliphatic heterocycles. The van der Waals surface area contributed by atoms with Gasteiger partial charge in [-0.3, -0.25) is 0 Å². The number of carbonyl (C=O) groups is 1. The Balaban J connectivity index is 1.49. The Kier molecular flexibility index (Phi) is 14.6. The van der Waals surface area contributed by atoms with Crippen LogP contribution in [0.5, 0.6) is 5.75 Å². The van der Waals surface area contributed by atoms with E-state index in [-0.39, 0.29) is 0 Å². The molecule has 0 saturated heterocycles. The quantitative estimate of drug-likeness (QED) is 0.161. The molecule has 0 unspecified atom stereocenters. The van der Waals surface area contributed by atoms with Crippen LogP contribution in [0.25, 0.3) is 11.1 Å². The average molecular weight is 479 g/mol. The van der Waals surface area contributed by atoms with Gasteiger partial charge in [0.25, 0.3) is 0 Å². The lowest BCUT2D eigenvalue weighted by atomic mass is 9.99. The fraction of sp³-hybridized carbons (Fsp3) is 0.531. The summed E-state index contributed by atoms with van der Waals surface area (Å²) in [4.78, 5) is 11.0. The molecule has 0 aromatic heterocycles. The maximum atomic E-state index is 11.0. The summed E-state index contributed by atoms with van der Waals surface area (Å²) in [5, 5.41) is 9.06. The number of hydrogen-bond acceptors (Lipinski definition) is 2. The molecule has 0 saturated carbocycles. The van der Waals surface area contributed by atoms with E-state index in [1.54, 1.807) is 12.1 Å². The highest BCUT2D eigenvalue weighted by Crippen LogP contribution is 2.27. The molecule has 0 radical (unpaired) electrons. The monoisotopic (exact) mass is 478 g/mol. The zero-order valence-corrected chi connectivity index (χ0v) is 22.1. The van der Waals surface area contributed by atoms with E-state index >= 15 is 0 Å². The SMILES string of the molecule is CCCCCCCCC=CCCCCCCCCOc1ccc(-c2ccc(C(=O)O)cc2)c(C)c1. The number of benzene rings is 2. The molecule has 0 heterocycles. The third-order valence-corrected chi connectivity index (χ3v) is 6.57. The van der Waals surface area contributed by atoms with E-state index in [2.05, 4.69) is 38.1 Å². The molecule has 1 N–H and O–H groups in total. The Morgan fingerprint density at radius 1 is 0.771 bits per heavy atom. The molecule has 0 fully saturated rings. The van der Waals surface area contributed by atoms with Crippen LogP contribution in [0.2, 0.25) is 0 Å². The van der Waals surface area contributed by atoms with Crippen molar-refractivity contribution in [2.45, 2.75) is 104 Å². The minimum absolute atomic E-state index is 0.307. The standard InChI is InChI=1S/C32H46O3/c1-3-4-5-6-7-8-9-10-11-12-13-14-15-16-17-18-25-35-30-23-24-31(27(2)26-30)28-19-21-29(22-20-28)32(33)34/h10-11,19-24,26H,3-9,12-18,25H2,1-2H3,(H,33,34). The minimum Gasteiger partial charge on any atom is -0.494 e. The predicted molar refractivity (Wildman–Crippen MR) is 149 cm³/mol. The largest absolute Gasteiger partial charge is 0.494 e. The van der Waals surface area contributed by atoms with Crippen LogP contribution in [0.3, 0.4) is 0 Å². The maximum Gasteiger partial charge on any atom is 0.335 e. The van der Waals surface area contributed by atoms with E-state index < -0.39 is 5.97 Å². The number of rotatable bonds is 19. The van der Waals surface area contributed by atoms with Crippen LogP contribution in [0, 0.1) is 6.92 Å². The van der Waals surface area contributed by atoms with E-state index in [1.807, 2.05) is 18.2 Å². The van der Waals surface area contributed by atoms with Crippen LogP contribution in [-0.2, 0) is 0 Å². The lowest BCUT2D eigenvalue weighted by Crippen LogP contribution is -1.98. The molecule has 0 bridgehead atoms. The number of carboxylic acids is 1. The number of unbranched alkanes of at least 4 members (excludes halogenated alkanes) is 12. The number of carboxylic acid groups (broad SMARTS) is 1. The van der Waals surface area contributed by atoms with Gasteiger partial charge in [-0.1, -0.05) is 95.1 Å². The summed E-state index contributed by atoms with van der Waals surface area (Å²) in [5.74, 6) is 0.00408. The summed E-state index contributed by atoms with van der Waals surface area (Å²) >= 11 is 0. The molecule has 0 atom stereocenters. The van der Waals surface area contributed by atoms with Gasteiger partial charge in [0.2, 0.25) is 0 Å². The summed E-state index contributed by atoms with van der Waals surface area (Å²) in [6, 6.07) is 13.2. The topological polar surface area (TPSA) is 46.5 Å². The number of hydrogen-bond donors (Lipinski definition) is 1. The van der Waals surface area contributed by atoms with Crippen molar-refractivity contribution in [1.29, 1.82) is 0 Å². The van der Waals surface area contributed by atoms with E-state index in [9.17, 15) is 4.79 Å². The number of aromatic carboxylic acids is 1. The van der Waals surface area contributed by atoms with Gasteiger partial charge in [-0.05, 0) is 80.0 Å². The summed E-state index contributed by atoms with van der Waals surface area (Å²) in [5.41, 5.74) is 3.56. The van der Waals surface area contributed by atoms with Crippen LogP contribution in [-0.4, -0.2) is 17.7 Å². The van der Waals surface area contributed by atoms with E-state index in [4.69, 9.17) is 9.84 Å². The smallest absolute Gasteiger partial charge is 0.335 e. The third-order valence-electron chi connectivity index (χ3n) is 6.57. The highest BCUT2D eigenvalue weighted by Gasteiger charge is 2.06. The van der Waals surface area contributed by atoms with Gasteiger partial charge in [0, 0.05) is 0 Å². The molecule has 2 rings (SSSR count). The summed E-state index contributed by atoms with van der Waals surface area (Å²) in [6.07, 6.45) is 23.1. The summed E-state index contributed by atoms with van der Waals surface area (Å²) in [6.45, 7) is 5.10. The summed E-state index contributed by atoms with van der Waals surface area (Å²) in [7, 11) is 0. The minimum atomic E-state index is -0.900. The molecule has 3 heteroatoms. The molecule has 192 valence electrons. The summed E-state index contributed by atoms with van der Waals surface area (Å²) < 4.78 is 5.96. The first kappa shape index (κ1) is 28.7. The van der Waals surface area contributed by atoms with Crippen molar-refractivity contribution in [2.24, 2.45) is 0 Å². The van der Waals surface area contributed by atoms with Gasteiger partial charge in [0.05, 0.1) is 12.2 Å². The molecule has 3 nitrogen and oxygen atoms in total.